The maximum absolute atomic E-state index is 12.6. The second-order valence-electron chi connectivity index (χ2n) is 9.09. The highest BCUT2D eigenvalue weighted by Crippen LogP contribution is 2.33. The molecule has 0 atom stereocenters. The summed E-state index contributed by atoms with van der Waals surface area (Å²) in [5, 5.41) is 41.4. The summed E-state index contributed by atoms with van der Waals surface area (Å²) < 4.78 is 7.49. The number of rotatable bonds is 13. The zero-order valence-electron chi connectivity index (χ0n) is 22.3. The van der Waals surface area contributed by atoms with E-state index >= 15 is 0 Å². The molecule has 11 heteroatoms. The molecule has 0 aliphatic carbocycles. The molecule has 0 unspecified atom stereocenters. The molecular formula is C29H33N7O4. The van der Waals surface area contributed by atoms with Gasteiger partial charge in [-0.3, -0.25) is 4.90 Å². The second kappa shape index (κ2) is 14.0. The first-order valence-electron chi connectivity index (χ1n) is 13.0. The molecule has 0 bridgehead atoms. The van der Waals surface area contributed by atoms with Gasteiger partial charge in [0.15, 0.2) is 0 Å². The number of aliphatic hydroxyl groups is 2. The van der Waals surface area contributed by atoms with Crippen LogP contribution in [0.1, 0.15) is 17.5 Å². The lowest BCUT2D eigenvalue weighted by Crippen LogP contribution is -2.34. The van der Waals surface area contributed by atoms with Gasteiger partial charge in [-0.1, -0.05) is 18.2 Å². The zero-order valence-corrected chi connectivity index (χ0v) is 22.3. The lowest BCUT2D eigenvalue weighted by Gasteiger charge is -2.19. The number of anilines is 3. The number of aryl methyl sites for hydroxylation is 1. The van der Waals surface area contributed by atoms with E-state index in [1.54, 1.807) is 10.7 Å². The van der Waals surface area contributed by atoms with Crippen molar-refractivity contribution >= 4 is 28.6 Å². The fourth-order valence-corrected chi connectivity index (χ4v) is 4.29. The summed E-state index contributed by atoms with van der Waals surface area (Å²) in [6.45, 7) is 3.91. The topological polar surface area (TPSA) is 147 Å². The SMILES string of the molecule is Cc1c(NC(=O)NCCCN(CCO)CCO)cn2ncc(C#N)c(Nc3ccc(Oc4ccccc4)cc3)c12. The third kappa shape index (κ3) is 7.27. The highest BCUT2D eigenvalue weighted by atomic mass is 16.5. The molecule has 208 valence electrons. The average molecular weight is 544 g/mol. The molecule has 0 aliphatic rings. The summed E-state index contributed by atoms with van der Waals surface area (Å²) in [6.07, 6.45) is 3.86. The van der Waals surface area contributed by atoms with Crippen LogP contribution in [0, 0.1) is 18.3 Å². The Morgan fingerprint density at radius 2 is 1.75 bits per heavy atom. The van der Waals surface area contributed by atoms with E-state index in [9.17, 15) is 10.1 Å². The quantitative estimate of drug-likeness (QED) is 0.160. The Morgan fingerprint density at radius 3 is 2.42 bits per heavy atom. The van der Waals surface area contributed by atoms with Crippen molar-refractivity contribution in [3.05, 3.63) is 78.1 Å². The summed E-state index contributed by atoms with van der Waals surface area (Å²) in [5.74, 6) is 1.42. The van der Waals surface area contributed by atoms with Crippen LogP contribution in [0.4, 0.5) is 21.9 Å². The van der Waals surface area contributed by atoms with Gasteiger partial charge in [-0.05, 0) is 56.3 Å². The number of aliphatic hydroxyl groups excluding tert-OH is 2. The smallest absolute Gasteiger partial charge is 0.319 e. The minimum Gasteiger partial charge on any atom is -0.457 e. The minimum atomic E-state index is -0.362. The van der Waals surface area contributed by atoms with Crippen molar-refractivity contribution < 1.29 is 19.7 Å². The number of benzene rings is 2. The van der Waals surface area contributed by atoms with E-state index in [4.69, 9.17) is 14.9 Å². The summed E-state index contributed by atoms with van der Waals surface area (Å²) >= 11 is 0. The Hall–Kier alpha value is -4.63. The molecule has 40 heavy (non-hydrogen) atoms. The molecule has 0 saturated carbocycles. The molecule has 0 fully saturated rings. The number of nitrogens with one attached hydrogen (secondary N) is 3. The molecular weight excluding hydrogens is 510 g/mol. The van der Waals surface area contributed by atoms with Crippen LogP contribution >= 0.6 is 0 Å². The van der Waals surface area contributed by atoms with Crippen molar-refractivity contribution in [2.75, 3.05) is 50.0 Å². The number of urea groups is 1. The van der Waals surface area contributed by atoms with Gasteiger partial charge in [0, 0.05) is 30.9 Å². The molecule has 0 aliphatic heterocycles. The standard InChI is InChI=1S/C29H33N7O4/c1-21-26(34-29(39)31-12-5-13-35(14-16-37)15-17-38)20-36-28(21)27(22(18-30)19-32-36)33-23-8-10-25(11-9-23)40-24-6-3-2-4-7-24/h2-4,6-11,19-20,33,37-38H,5,12-17H2,1H3,(H2,31,34,39). The van der Waals surface area contributed by atoms with Gasteiger partial charge in [0.2, 0.25) is 0 Å². The summed E-state index contributed by atoms with van der Waals surface area (Å²) in [5.41, 5.74) is 3.69. The van der Waals surface area contributed by atoms with Crippen molar-refractivity contribution in [1.82, 2.24) is 19.8 Å². The van der Waals surface area contributed by atoms with Crippen LogP contribution in [0.5, 0.6) is 11.5 Å². The molecule has 2 aromatic carbocycles. The highest BCUT2D eigenvalue weighted by Gasteiger charge is 2.17. The third-order valence-electron chi connectivity index (χ3n) is 6.30. The number of fused-ring (bicyclic) bond motifs is 1. The monoisotopic (exact) mass is 543 g/mol. The molecule has 4 aromatic rings. The van der Waals surface area contributed by atoms with E-state index in [1.165, 1.54) is 6.20 Å². The zero-order chi connectivity index (χ0) is 28.3. The van der Waals surface area contributed by atoms with Crippen LogP contribution in [0.15, 0.2) is 67.0 Å². The predicted octanol–water partition coefficient (Wildman–Crippen LogP) is 3.85. The Bertz CT molecular complexity index is 1440. The summed E-state index contributed by atoms with van der Waals surface area (Å²) in [4.78, 5) is 14.5. The predicted molar refractivity (Wildman–Crippen MR) is 153 cm³/mol. The Kier molecular flexibility index (Phi) is 9.90. The minimum absolute atomic E-state index is 0.0157. The first kappa shape index (κ1) is 28.4. The van der Waals surface area contributed by atoms with Gasteiger partial charge in [0.05, 0.1) is 48.1 Å². The van der Waals surface area contributed by atoms with Gasteiger partial charge in [0.25, 0.3) is 0 Å². The Labute approximate surface area is 232 Å². The molecule has 2 amide bonds. The first-order valence-corrected chi connectivity index (χ1v) is 13.0. The number of hydrogen-bond donors (Lipinski definition) is 5. The number of carbonyl (C=O) groups excluding carboxylic acids is 1. The van der Waals surface area contributed by atoms with E-state index in [-0.39, 0.29) is 19.2 Å². The lowest BCUT2D eigenvalue weighted by atomic mass is 10.1. The third-order valence-corrected chi connectivity index (χ3v) is 6.30. The molecule has 4 rings (SSSR count). The van der Waals surface area contributed by atoms with E-state index < -0.39 is 0 Å². The van der Waals surface area contributed by atoms with Gasteiger partial charge < -0.3 is 30.9 Å². The maximum atomic E-state index is 12.6. The number of nitrogens with zero attached hydrogens (tertiary/aromatic N) is 4. The fraction of sp³-hybridized carbons (Fsp3) is 0.276. The van der Waals surface area contributed by atoms with E-state index in [0.29, 0.717) is 60.8 Å². The number of para-hydroxylation sites is 1. The van der Waals surface area contributed by atoms with Gasteiger partial charge in [-0.15, -0.1) is 0 Å². The van der Waals surface area contributed by atoms with Gasteiger partial charge in [-0.2, -0.15) is 10.4 Å². The Morgan fingerprint density at radius 1 is 1.05 bits per heavy atom. The first-order chi connectivity index (χ1) is 19.5. The molecule has 0 spiro atoms. The van der Waals surface area contributed by atoms with Crippen LogP contribution in [-0.4, -0.2) is 70.2 Å². The van der Waals surface area contributed by atoms with Crippen molar-refractivity contribution in [1.29, 1.82) is 5.26 Å². The summed E-state index contributed by atoms with van der Waals surface area (Å²) in [7, 11) is 0. The van der Waals surface area contributed by atoms with Gasteiger partial charge in [-0.25, -0.2) is 9.31 Å². The fourth-order valence-electron chi connectivity index (χ4n) is 4.29. The van der Waals surface area contributed by atoms with Crippen LogP contribution < -0.4 is 20.7 Å². The number of ether oxygens (including phenoxy) is 1. The van der Waals surface area contributed by atoms with Crippen LogP contribution in [0.25, 0.3) is 5.52 Å². The summed E-state index contributed by atoms with van der Waals surface area (Å²) in [6, 6.07) is 18.7. The van der Waals surface area contributed by atoms with Crippen molar-refractivity contribution in [2.24, 2.45) is 0 Å². The number of hydrogen-bond acceptors (Lipinski definition) is 8. The van der Waals surface area contributed by atoms with Gasteiger partial charge in [0.1, 0.15) is 17.6 Å². The highest BCUT2D eigenvalue weighted by molar-refractivity contribution is 5.94. The Balaban J connectivity index is 1.44. The van der Waals surface area contributed by atoms with E-state index in [0.717, 1.165) is 17.0 Å². The molecule has 0 radical (unpaired) electrons. The lowest BCUT2D eigenvalue weighted by molar-refractivity contribution is 0.160. The average Bonchev–Trinajstić information content (AvgIpc) is 3.28. The van der Waals surface area contributed by atoms with Crippen LogP contribution in [-0.2, 0) is 0 Å². The number of amides is 2. The molecule has 0 saturated heterocycles. The van der Waals surface area contributed by atoms with E-state index in [2.05, 4.69) is 27.1 Å². The normalized spacial score (nSPS) is 10.9. The van der Waals surface area contributed by atoms with Gasteiger partial charge >= 0.3 is 6.03 Å². The maximum Gasteiger partial charge on any atom is 0.319 e. The van der Waals surface area contributed by atoms with Crippen molar-refractivity contribution in [3.8, 4) is 17.6 Å². The molecule has 2 aromatic heterocycles. The van der Waals surface area contributed by atoms with Crippen molar-refractivity contribution in [2.45, 2.75) is 13.3 Å². The molecule has 5 N–H and O–H groups in total. The van der Waals surface area contributed by atoms with Crippen LogP contribution in [0.3, 0.4) is 0 Å². The van der Waals surface area contributed by atoms with E-state index in [1.807, 2.05) is 66.4 Å². The van der Waals surface area contributed by atoms with Crippen molar-refractivity contribution in [3.63, 3.8) is 0 Å². The molecule has 2 heterocycles. The van der Waals surface area contributed by atoms with Crippen LogP contribution in [0.2, 0.25) is 0 Å². The second-order valence-corrected chi connectivity index (χ2v) is 9.09. The number of nitriles is 1. The number of carbonyl (C=O) groups is 1. The molecule has 11 nitrogen and oxygen atoms in total. The largest absolute Gasteiger partial charge is 0.457 e. The number of aromatic nitrogens is 2.